The van der Waals surface area contributed by atoms with Crippen molar-refractivity contribution < 1.29 is 9.59 Å². The zero-order valence-corrected chi connectivity index (χ0v) is 10.2. The summed E-state index contributed by atoms with van der Waals surface area (Å²) in [4.78, 5) is 22.6. The first-order chi connectivity index (χ1) is 7.15. The normalized spacial score (nSPS) is 20.1. The van der Waals surface area contributed by atoms with Gasteiger partial charge in [-0.25, -0.2) is 0 Å². The minimum absolute atomic E-state index is 0.00759. The largest absolute Gasteiger partial charge is 0.354 e. The SMILES string of the molecule is O=C1CC(NC(=O)c2csc(Br)c2)CN1. The molecule has 1 saturated heterocycles. The maximum atomic E-state index is 11.7. The summed E-state index contributed by atoms with van der Waals surface area (Å²) in [6.45, 7) is 0.524. The second kappa shape index (κ2) is 4.32. The Morgan fingerprint density at radius 2 is 2.47 bits per heavy atom. The van der Waals surface area contributed by atoms with E-state index in [4.69, 9.17) is 0 Å². The topological polar surface area (TPSA) is 58.2 Å². The lowest BCUT2D eigenvalue weighted by Crippen LogP contribution is -2.35. The molecule has 1 atom stereocenters. The van der Waals surface area contributed by atoms with Crippen molar-refractivity contribution in [2.75, 3.05) is 6.54 Å². The van der Waals surface area contributed by atoms with E-state index in [0.717, 1.165) is 3.79 Å². The summed E-state index contributed by atoms with van der Waals surface area (Å²) >= 11 is 4.76. The molecule has 0 aliphatic carbocycles. The van der Waals surface area contributed by atoms with Crippen LogP contribution in [0.2, 0.25) is 0 Å². The van der Waals surface area contributed by atoms with Gasteiger partial charge in [-0.05, 0) is 22.0 Å². The summed E-state index contributed by atoms with van der Waals surface area (Å²) < 4.78 is 0.924. The van der Waals surface area contributed by atoms with Gasteiger partial charge in [0.25, 0.3) is 5.91 Å². The lowest BCUT2D eigenvalue weighted by atomic mass is 10.2. The van der Waals surface area contributed by atoms with Crippen molar-refractivity contribution in [3.05, 3.63) is 20.8 Å². The Labute approximate surface area is 99.2 Å². The van der Waals surface area contributed by atoms with Crippen LogP contribution in [0.3, 0.4) is 0 Å². The van der Waals surface area contributed by atoms with Crippen molar-refractivity contribution in [1.82, 2.24) is 10.6 Å². The molecule has 0 bridgehead atoms. The Morgan fingerprint density at radius 3 is 3.00 bits per heavy atom. The molecule has 1 unspecified atom stereocenters. The van der Waals surface area contributed by atoms with Gasteiger partial charge in [0, 0.05) is 18.3 Å². The van der Waals surface area contributed by atoms with Crippen LogP contribution in [-0.2, 0) is 4.79 Å². The highest BCUT2D eigenvalue weighted by Crippen LogP contribution is 2.20. The first-order valence-corrected chi connectivity index (χ1v) is 6.14. The van der Waals surface area contributed by atoms with Crippen LogP contribution in [0.1, 0.15) is 16.8 Å². The average Bonchev–Trinajstić information content (AvgIpc) is 2.75. The molecule has 2 rings (SSSR count). The van der Waals surface area contributed by atoms with Gasteiger partial charge in [-0.3, -0.25) is 9.59 Å². The van der Waals surface area contributed by atoms with E-state index in [2.05, 4.69) is 26.6 Å². The maximum Gasteiger partial charge on any atom is 0.252 e. The van der Waals surface area contributed by atoms with E-state index >= 15 is 0 Å². The molecular formula is C9H9BrN2O2S. The van der Waals surface area contributed by atoms with Crippen molar-refractivity contribution in [2.45, 2.75) is 12.5 Å². The van der Waals surface area contributed by atoms with Crippen molar-refractivity contribution in [3.63, 3.8) is 0 Å². The Balaban J connectivity index is 1.95. The Hall–Kier alpha value is -0.880. The van der Waals surface area contributed by atoms with E-state index in [9.17, 15) is 9.59 Å². The van der Waals surface area contributed by atoms with Crippen LogP contribution in [0.5, 0.6) is 0 Å². The van der Waals surface area contributed by atoms with E-state index in [1.54, 1.807) is 11.4 Å². The fourth-order valence-electron chi connectivity index (χ4n) is 1.41. The lowest BCUT2D eigenvalue weighted by molar-refractivity contribution is -0.119. The number of thiophene rings is 1. The lowest BCUT2D eigenvalue weighted by Gasteiger charge is -2.08. The molecule has 1 aromatic rings. The molecule has 2 amide bonds. The summed E-state index contributed by atoms with van der Waals surface area (Å²) in [5.74, 6) is -0.134. The summed E-state index contributed by atoms with van der Waals surface area (Å²) in [5.41, 5.74) is 0.631. The standard InChI is InChI=1S/C9H9BrN2O2S/c10-7-1-5(4-15-7)9(14)12-6-2-8(13)11-3-6/h1,4,6H,2-3H2,(H,11,13)(H,12,14). The smallest absolute Gasteiger partial charge is 0.252 e. The van der Waals surface area contributed by atoms with Gasteiger partial charge in [-0.1, -0.05) is 0 Å². The molecule has 1 aliphatic rings. The molecule has 4 nitrogen and oxygen atoms in total. The first kappa shape index (κ1) is 10.6. The quantitative estimate of drug-likeness (QED) is 0.857. The molecule has 0 aromatic carbocycles. The molecule has 2 heterocycles. The van der Waals surface area contributed by atoms with Crippen LogP contribution in [0, 0.1) is 0 Å². The van der Waals surface area contributed by atoms with Crippen LogP contribution < -0.4 is 10.6 Å². The fraction of sp³-hybridized carbons (Fsp3) is 0.333. The predicted molar refractivity (Wildman–Crippen MR) is 60.9 cm³/mol. The summed E-state index contributed by atoms with van der Waals surface area (Å²) in [7, 11) is 0. The van der Waals surface area contributed by atoms with Crippen molar-refractivity contribution in [1.29, 1.82) is 0 Å². The van der Waals surface area contributed by atoms with Crippen LogP contribution >= 0.6 is 27.3 Å². The Kier molecular flexibility index (Phi) is 3.06. The molecule has 80 valence electrons. The molecule has 0 radical (unpaired) electrons. The molecule has 2 N–H and O–H groups in total. The summed E-state index contributed by atoms with van der Waals surface area (Å²) in [5, 5.41) is 7.26. The molecule has 1 aromatic heterocycles. The third kappa shape index (κ3) is 2.57. The zero-order chi connectivity index (χ0) is 10.8. The number of hydrogen-bond acceptors (Lipinski definition) is 3. The monoisotopic (exact) mass is 288 g/mol. The first-order valence-electron chi connectivity index (χ1n) is 4.47. The molecule has 15 heavy (non-hydrogen) atoms. The van der Waals surface area contributed by atoms with Crippen molar-refractivity contribution in [2.24, 2.45) is 0 Å². The summed E-state index contributed by atoms with van der Waals surface area (Å²) in [6.07, 6.45) is 0.372. The third-order valence-corrected chi connectivity index (χ3v) is 3.65. The second-order valence-corrected chi connectivity index (χ2v) is 5.61. The molecule has 0 spiro atoms. The Bertz CT molecular complexity index is 405. The van der Waals surface area contributed by atoms with E-state index < -0.39 is 0 Å². The number of rotatable bonds is 2. The van der Waals surface area contributed by atoms with E-state index in [-0.39, 0.29) is 17.9 Å². The minimum atomic E-state index is -0.126. The number of halogens is 1. The average molecular weight is 289 g/mol. The van der Waals surface area contributed by atoms with E-state index in [1.165, 1.54) is 11.3 Å². The van der Waals surface area contributed by atoms with Gasteiger partial charge >= 0.3 is 0 Å². The summed E-state index contributed by atoms with van der Waals surface area (Å²) in [6, 6.07) is 1.69. The van der Waals surface area contributed by atoms with Crippen LogP contribution in [0.15, 0.2) is 15.2 Å². The molecular weight excluding hydrogens is 280 g/mol. The molecule has 1 aliphatic heterocycles. The molecule has 0 saturated carbocycles. The van der Waals surface area contributed by atoms with Crippen molar-refractivity contribution in [3.8, 4) is 0 Å². The number of hydrogen-bond donors (Lipinski definition) is 2. The number of amides is 2. The van der Waals surface area contributed by atoms with Gasteiger partial charge < -0.3 is 10.6 Å². The van der Waals surface area contributed by atoms with Crippen LogP contribution in [-0.4, -0.2) is 24.4 Å². The van der Waals surface area contributed by atoms with Gasteiger partial charge in [0.05, 0.1) is 15.4 Å². The highest BCUT2D eigenvalue weighted by atomic mass is 79.9. The highest BCUT2D eigenvalue weighted by molar-refractivity contribution is 9.11. The van der Waals surface area contributed by atoms with Gasteiger partial charge in [-0.15, -0.1) is 11.3 Å². The molecule has 6 heteroatoms. The predicted octanol–water partition coefficient (Wildman–Crippen LogP) is 1.13. The zero-order valence-electron chi connectivity index (χ0n) is 7.75. The van der Waals surface area contributed by atoms with Gasteiger partial charge in [0.2, 0.25) is 5.91 Å². The Morgan fingerprint density at radius 1 is 1.67 bits per heavy atom. The fourth-order valence-corrected chi connectivity index (χ4v) is 2.54. The second-order valence-electron chi connectivity index (χ2n) is 3.32. The van der Waals surface area contributed by atoms with E-state index in [0.29, 0.717) is 18.5 Å². The van der Waals surface area contributed by atoms with Crippen molar-refractivity contribution >= 4 is 39.1 Å². The molecule has 1 fully saturated rings. The van der Waals surface area contributed by atoms with Gasteiger partial charge in [0.1, 0.15) is 0 Å². The number of nitrogens with one attached hydrogen (secondary N) is 2. The number of carbonyl (C=O) groups is 2. The van der Waals surface area contributed by atoms with Gasteiger partial charge in [-0.2, -0.15) is 0 Å². The van der Waals surface area contributed by atoms with E-state index in [1.807, 2.05) is 0 Å². The third-order valence-electron chi connectivity index (χ3n) is 2.14. The highest BCUT2D eigenvalue weighted by Gasteiger charge is 2.23. The maximum absolute atomic E-state index is 11.7. The van der Waals surface area contributed by atoms with Crippen LogP contribution in [0.4, 0.5) is 0 Å². The van der Waals surface area contributed by atoms with Crippen LogP contribution in [0.25, 0.3) is 0 Å². The minimum Gasteiger partial charge on any atom is -0.354 e. The van der Waals surface area contributed by atoms with Gasteiger partial charge in [0.15, 0.2) is 0 Å². The number of carbonyl (C=O) groups excluding carboxylic acids is 2.